The minimum absolute atomic E-state index is 0.0179. The van der Waals surface area contributed by atoms with Crippen LogP contribution in [0, 0.1) is 22.7 Å². The number of aryl methyl sites for hydroxylation is 6. The van der Waals surface area contributed by atoms with Crippen LogP contribution in [0.1, 0.15) is 378 Å². The number of esters is 2. The molecule has 6 aliphatic carbocycles. The highest BCUT2D eigenvalue weighted by atomic mass is 16.5. The van der Waals surface area contributed by atoms with Crippen LogP contribution in [0.4, 0.5) is 0 Å². The second kappa shape index (κ2) is 59.6. The van der Waals surface area contributed by atoms with E-state index in [1.54, 1.807) is 45.0 Å². The molecule has 7 aliphatic heterocycles. The number of rotatable bonds is 45. The maximum Gasteiger partial charge on any atom is 0.312 e. The lowest BCUT2D eigenvalue weighted by Gasteiger charge is -2.37. The Hall–Kier alpha value is -6.66. The van der Waals surface area contributed by atoms with Crippen molar-refractivity contribution in [1.29, 1.82) is 0 Å². The van der Waals surface area contributed by atoms with Crippen molar-refractivity contribution in [3.8, 4) is 0 Å². The van der Waals surface area contributed by atoms with E-state index in [9.17, 15) is 9.59 Å². The number of likely N-dealkylation sites (N-methyl/N-ethyl adjacent to an activating group) is 12. The van der Waals surface area contributed by atoms with Crippen molar-refractivity contribution in [2.75, 3.05) is 210 Å². The van der Waals surface area contributed by atoms with Crippen LogP contribution in [0.25, 0.3) is 5.57 Å². The van der Waals surface area contributed by atoms with Crippen molar-refractivity contribution >= 4 is 17.5 Å². The summed E-state index contributed by atoms with van der Waals surface area (Å²) in [7, 11) is 27.1. The van der Waals surface area contributed by atoms with Gasteiger partial charge in [0.15, 0.2) is 0 Å². The lowest BCUT2D eigenvalue weighted by atomic mass is 9.69. The summed E-state index contributed by atoms with van der Waals surface area (Å²) in [6.45, 7) is 39.3. The van der Waals surface area contributed by atoms with Gasteiger partial charge < -0.3 is 55.6 Å². The van der Waals surface area contributed by atoms with Crippen molar-refractivity contribution in [1.82, 2.24) is 120 Å². The largest absolute Gasteiger partial charge is 0.466 e. The van der Waals surface area contributed by atoms with E-state index in [-0.39, 0.29) is 28.4 Å². The summed E-state index contributed by atoms with van der Waals surface area (Å²) in [4.78, 5) is 39.0. The number of carbonyl (C=O) groups is 2. The summed E-state index contributed by atoms with van der Waals surface area (Å²) in [5.74, 6) is 4.89. The minimum atomic E-state index is -0.389. The third kappa shape index (κ3) is 31.7. The van der Waals surface area contributed by atoms with Gasteiger partial charge in [-0.15, -0.1) is 0 Å². The van der Waals surface area contributed by atoms with Crippen LogP contribution >= 0.6 is 0 Å². The van der Waals surface area contributed by atoms with E-state index in [4.69, 9.17) is 54.3 Å². The van der Waals surface area contributed by atoms with Gasteiger partial charge in [-0.05, 0) is 397 Å². The Morgan fingerprint density at radius 3 is 1.01 bits per heavy atom. The van der Waals surface area contributed by atoms with E-state index in [0.29, 0.717) is 36.9 Å². The van der Waals surface area contributed by atoms with E-state index in [2.05, 4.69) is 152 Å². The van der Waals surface area contributed by atoms with Gasteiger partial charge in [-0.3, -0.25) is 67.1 Å². The fourth-order valence-electron chi connectivity index (χ4n) is 27.3. The molecule has 6 N–H and O–H groups in total. The molecule has 19 rings (SSSR count). The average Bonchev–Trinajstić information content (AvgIpc) is 1.63. The van der Waals surface area contributed by atoms with Gasteiger partial charge in [-0.1, -0.05) is 25.3 Å². The molecule has 13 aliphatic rings. The van der Waals surface area contributed by atoms with Gasteiger partial charge in [0.1, 0.15) is 0 Å². The summed E-state index contributed by atoms with van der Waals surface area (Å²) in [5, 5.41) is 49.4. The van der Waals surface area contributed by atoms with E-state index in [1.165, 1.54) is 255 Å². The number of aromatic nitrogens is 12. The van der Waals surface area contributed by atoms with Crippen LogP contribution in [0.2, 0.25) is 0 Å². The first kappa shape index (κ1) is 119. The SMILES string of the molecule is CCOC(=O)C1(C)CC=C(c2c(CN(C)CCNC)nn3c2CCC3)CC1.CCOC(=O)C1(C)CCC(c2c(CN(C)CCNC)nn3c2CCC3)CC1.CCOCC1CCC(c2c(CN(C)CCNC)nn3c2CCC3)CC1.CNCCN(C)Cc1nn2c(c1C1CCC(COC)CC1)CCC2.CNCCN(C)Cc1nn2c(c1C1CCC3(CCCO3)CC1)CCC2.CNCCN(C)Cc1nn2c(c1C1CCCCC1)CCCC2. The van der Waals surface area contributed by atoms with Crippen LogP contribution in [0.3, 0.4) is 0 Å². The predicted octanol–water partition coefficient (Wildman–Crippen LogP) is 16.1. The number of nitrogens with one attached hydrogen (secondary N) is 6. The molecule has 0 bridgehead atoms. The number of hydrogen-bond acceptors (Lipinski definition) is 25. The molecular formula is C119H206N24O7. The van der Waals surface area contributed by atoms with Gasteiger partial charge in [0.2, 0.25) is 0 Å². The Kier molecular flexibility index (Phi) is 47.2. The van der Waals surface area contributed by atoms with Crippen molar-refractivity contribution in [2.24, 2.45) is 22.7 Å². The Morgan fingerprint density at radius 2 is 0.667 bits per heavy atom. The lowest BCUT2D eigenvalue weighted by Crippen LogP contribution is -2.34. The summed E-state index contributed by atoms with van der Waals surface area (Å²) >= 11 is 0. The molecule has 6 aromatic rings. The Balaban J connectivity index is 0.000000142. The molecule has 6 fully saturated rings. The highest BCUT2D eigenvalue weighted by Gasteiger charge is 2.45. The number of carbonyl (C=O) groups excluding carboxylic acids is 2. The summed E-state index contributed by atoms with van der Waals surface area (Å²) in [6.07, 6.45) is 49.8. The van der Waals surface area contributed by atoms with E-state index < -0.39 is 0 Å². The van der Waals surface area contributed by atoms with Gasteiger partial charge in [-0.25, -0.2) is 0 Å². The molecule has 1 unspecified atom stereocenters. The van der Waals surface area contributed by atoms with Gasteiger partial charge in [0, 0.05) is 258 Å². The summed E-state index contributed by atoms with van der Waals surface area (Å²) in [5.41, 5.74) is 27.2. The van der Waals surface area contributed by atoms with E-state index in [1.807, 2.05) is 70.2 Å². The predicted molar refractivity (Wildman–Crippen MR) is 605 cm³/mol. The number of nitrogens with zero attached hydrogens (tertiary/aromatic N) is 18. The standard InChI is InChI=1S/C21H36N4O2.C21H34N4O2.C20H34N4O.C20H36N4O.C19H34N4O.C18H32N4/c2*1-5-27-20(26)21(2)10-8-16(9-11-21)19-17(15-24(4)14-12-22-3)23-25-13-6-7-18(19)25;1-21-11-13-23(2)15-17-19(18-5-3-12-24(18)22-17)16-6-9-20(10-7-16)8-4-14-25-20;1-4-25-15-16-7-9-17(10-8-16)20-18(14-23(3)13-11-21-2)22-24-12-5-6-19(20)24;1-20-10-12-22(2)13-17-19(18-5-4-11-23(18)21-17)16-8-6-15(7-9-16)14-24-3;1-19-11-13-21(2)14-16-18(15-8-4-3-5-9-15)17-10-6-7-12-22(17)20-16/h16,22H,5-15H2,1-4H3;8,22H,5-7,9-15H2,1-4H3;16,21H,3-15H2,1-2H3;16-17,21H,4-15H2,1-3H3;15-16,20H,4-14H2,1-3H3;15,19H,3-14H2,1-2H3. The summed E-state index contributed by atoms with van der Waals surface area (Å²) in [6, 6.07) is 0. The molecule has 13 heterocycles. The van der Waals surface area contributed by atoms with Gasteiger partial charge in [0.25, 0.3) is 0 Å². The maximum atomic E-state index is 12.4. The van der Waals surface area contributed by atoms with Crippen molar-refractivity contribution < 1.29 is 33.3 Å². The van der Waals surface area contributed by atoms with Crippen molar-refractivity contribution in [3.63, 3.8) is 0 Å². The van der Waals surface area contributed by atoms with Gasteiger partial charge in [-0.2, -0.15) is 30.6 Å². The smallest absolute Gasteiger partial charge is 0.312 e. The molecule has 150 heavy (non-hydrogen) atoms. The molecule has 0 radical (unpaired) electrons. The topological polar surface area (TPSA) is 279 Å². The fourth-order valence-corrected chi connectivity index (χ4v) is 27.3. The highest BCUT2D eigenvalue weighted by molar-refractivity contribution is 5.80. The zero-order valence-corrected chi connectivity index (χ0v) is 97.3. The van der Waals surface area contributed by atoms with Crippen LogP contribution in [-0.4, -0.2) is 315 Å². The second-order valence-electron chi connectivity index (χ2n) is 47.7. The molecule has 6 aromatic heterocycles. The van der Waals surface area contributed by atoms with E-state index in [0.717, 1.165) is 259 Å². The lowest BCUT2D eigenvalue weighted by molar-refractivity contribution is -0.156. The number of methoxy groups -OCH3 is 1. The normalized spacial score (nSPS) is 23.9. The molecule has 1 saturated heterocycles. The quantitative estimate of drug-likeness (QED) is 0.0194. The Morgan fingerprint density at radius 1 is 0.347 bits per heavy atom. The van der Waals surface area contributed by atoms with Crippen LogP contribution in [0.15, 0.2) is 6.08 Å². The molecule has 31 heteroatoms. The molecular weight excluding hydrogens is 1880 g/mol. The minimum Gasteiger partial charge on any atom is -0.466 e. The number of ether oxygens (including phenoxy) is 5. The fraction of sp³-hybridized carbons (Fsp3) is 0.815. The highest BCUT2D eigenvalue weighted by Crippen LogP contribution is 2.51. The first-order chi connectivity index (χ1) is 72.9. The van der Waals surface area contributed by atoms with Crippen LogP contribution < -0.4 is 31.9 Å². The summed E-state index contributed by atoms with van der Waals surface area (Å²) < 4.78 is 41.5. The molecule has 31 nitrogen and oxygen atoms in total. The number of allylic oxidation sites excluding steroid dienone is 2. The van der Waals surface area contributed by atoms with Crippen LogP contribution in [-0.2, 0) is 150 Å². The van der Waals surface area contributed by atoms with Gasteiger partial charge >= 0.3 is 11.9 Å². The number of hydrogen-bond donors (Lipinski definition) is 6. The Bertz CT molecular complexity index is 5050. The second-order valence-corrected chi connectivity index (χ2v) is 47.7. The van der Waals surface area contributed by atoms with Gasteiger partial charge in [0.05, 0.1) is 63.8 Å². The third-order valence-corrected chi connectivity index (χ3v) is 36.0. The number of fused-ring (bicyclic) bond motifs is 6. The molecule has 5 saturated carbocycles. The van der Waals surface area contributed by atoms with Crippen LogP contribution in [0.5, 0.6) is 0 Å². The molecule has 1 spiro atoms. The monoisotopic (exact) mass is 2080 g/mol. The molecule has 0 aromatic carbocycles. The van der Waals surface area contributed by atoms with Crippen molar-refractivity contribution in [3.05, 3.63) is 108 Å². The third-order valence-electron chi connectivity index (χ3n) is 36.0. The molecule has 0 amide bonds. The first-order valence-corrected chi connectivity index (χ1v) is 60.2. The molecule has 1 atom stereocenters. The molecule has 844 valence electrons. The first-order valence-electron chi connectivity index (χ1n) is 60.2. The average molecular weight is 2090 g/mol. The zero-order valence-electron chi connectivity index (χ0n) is 97.3. The zero-order chi connectivity index (χ0) is 106. The van der Waals surface area contributed by atoms with Crippen molar-refractivity contribution in [2.45, 2.75) is 399 Å². The van der Waals surface area contributed by atoms with E-state index >= 15 is 0 Å². The Labute approximate surface area is 904 Å². The maximum absolute atomic E-state index is 12.4.